The van der Waals surface area contributed by atoms with Crippen LogP contribution >= 0.6 is 0 Å². The minimum atomic E-state index is -0.239. The number of methoxy groups -OCH3 is 1. The molecule has 6 fully saturated rings. The lowest BCUT2D eigenvalue weighted by atomic mass is 9.39. The summed E-state index contributed by atoms with van der Waals surface area (Å²) in [6, 6.07) is 0. The number of rotatable bonds is 1. The molecular formula is C21H32O2. The molecule has 1 spiro atoms. The summed E-state index contributed by atoms with van der Waals surface area (Å²) >= 11 is 0. The van der Waals surface area contributed by atoms with Gasteiger partial charge in [-0.05, 0) is 91.8 Å². The fourth-order valence-corrected chi connectivity index (χ4v) is 9.09. The molecule has 0 unspecified atom stereocenters. The minimum absolute atomic E-state index is 0.0583. The summed E-state index contributed by atoms with van der Waals surface area (Å²) in [4.78, 5) is 12.6. The summed E-state index contributed by atoms with van der Waals surface area (Å²) in [7, 11) is 1.58. The first kappa shape index (κ1) is 14.8. The average Bonchev–Trinajstić information content (AvgIpc) is 2.97. The highest BCUT2D eigenvalue weighted by Gasteiger charge is 2.78. The Hall–Kier alpha value is -0.530. The molecule has 23 heavy (non-hydrogen) atoms. The van der Waals surface area contributed by atoms with Crippen LogP contribution in [0.2, 0.25) is 0 Å². The molecule has 0 radical (unpaired) electrons. The van der Waals surface area contributed by atoms with E-state index < -0.39 is 0 Å². The molecule has 2 heteroatoms. The lowest BCUT2D eigenvalue weighted by molar-refractivity contribution is -0.189. The van der Waals surface area contributed by atoms with Gasteiger partial charge < -0.3 is 4.74 Å². The van der Waals surface area contributed by atoms with Crippen molar-refractivity contribution in [3.8, 4) is 0 Å². The van der Waals surface area contributed by atoms with Crippen molar-refractivity contribution >= 4 is 5.97 Å². The van der Waals surface area contributed by atoms with Gasteiger partial charge in [-0.3, -0.25) is 4.79 Å². The van der Waals surface area contributed by atoms with Gasteiger partial charge in [0.15, 0.2) is 0 Å². The van der Waals surface area contributed by atoms with Gasteiger partial charge in [-0.15, -0.1) is 0 Å². The quantitative estimate of drug-likeness (QED) is 0.648. The van der Waals surface area contributed by atoms with Gasteiger partial charge in [0, 0.05) is 0 Å². The monoisotopic (exact) mass is 316 g/mol. The summed E-state index contributed by atoms with van der Waals surface area (Å²) in [5, 5.41) is 0. The average molecular weight is 316 g/mol. The first-order valence-electron chi connectivity index (χ1n) is 9.89. The second kappa shape index (κ2) is 3.99. The third-order valence-electron chi connectivity index (χ3n) is 10.0. The van der Waals surface area contributed by atoms with Crippen LogP contribution in [0.25, 0.3) is 0 Å². The van der Waals surface area contributed by atoms with Gasteiger partial charge in [-0.2, -0.15) is 0 Å². The van der Waals surface area contributed by atoms with Crippen molar-refractivity contribution in [2.24, 2.45) is 45.3 Å². The van der Waals surface area contributed by atoms with E-state index in [1.807, 2.05) is 0 Å². The molecule has 0 aromatic carbocycles. The molecule has 0 saturated heterocycles. The zero-order valence-electron chi connectivity index (χ0n) is 15.3. The van der Waals surface area contributed by atoms with E-state index in [1.54, 1.807) is 7.11 Å². The van der Waals surface area contributed by atoms with Gasteiger partial charge in [0.25, 0.3) is 0 Å². The Labute approximate surface area is 140 Å². The van der Waals surface area contributed by atoms with Crippen LogP contribution in [0, 0.1) is 45.3 Å². The fourth-order valence-electron chi connectivity index (χ4n) is 9.09. The molecule has 0 aromatic rings. The third kappa shape index (κ3) is 1.47. The van der Waals surface area contributed by atoms with Crippen LogP contribution in [0.15, 0.2) is 0 Å². The first-order chi connectivity index (χ1) is 10.8. The Morgan fingerprint density at radius 3 is 2.43 bits per heavy atom. The molecule has 8 atom stereocenters. The Morgan fingerprint density at radius 1 is 1.00 bits per heavy atom. The molecule has 2 nitrogen and oxygen atoms in total. The molecule has 0 aromatic heterocycles. The largest absolute Gasteiger partial charge is 0.469 e. The van der Waals surface area contributed by atoms with E-state index in [-0.39, 0.29) is 11.4 Å². The number of fused-ring (bicyclic) bond motifs is 1. The van der Waals surface area contributed by atoms with Crippen molar-refractivity contribution < 1.29 is 9.53 Å². The number of hydrogen-bond acceptors (Lipinski definition) is 2. The van der Waals surface area contributed by atoms with Gasteiger partial charge in [0.05, 0.1) is 12.5 Å². The maximum atomic E-state index is 12.6. The SMILES string of the molecule is COC(=O)[C@@]1(C)CCC[C@@]2(C)[C@@H]3C[C@@H]4[C@@H]5C[C@@]3(CC[C@@H]21)C[C@]45C. The fraction of sp³-hybridized carbons (Fsp3) is 0.952. The number of esters is 1. The maximum absolute atomic E-state index is 12.6. The lowest BCUT2D eigenvalue weighted by Gasteiger charge is -2.65. The third-order valence-corrected chi connectivity index (χ3v) is 10.0. The smallest absolute Gasteiger partial charge is 0.311 e. The molecule has 0 N–H and O–H groups in total. The van der Waals surface area contributed by atoms with Crippen LogP contribution in [0.5, 0.6) is 0 Å². The maximum Gasteiger partial charge on any atom is 0.311 e. The highest BCUT2D eigenvalue weighted by Crippen LogP contribution is 2.85. The second-order valence-electron chi connectivity index (χ2n) is 10.6. The van der Waals surface area contributed by atoms with Gasteiger partial charge >= 0.3 is 5.97 Å². The summed E-state index contributed by atoms with van der Waals surface area (Å²) in [6.45, 7) is 7.34. The van der Waals surface area contributed by atoms with Gasteiger partial charge in [0.2, 0.25) is 0 Å². The van der Waals surface area contributed by atoms with Crippen molar-refractivity contribution in [1.82, 2.24) is 0 Å². The van der Waals surface area contributed by atoms with Gasteiger partial charge in [-0.25, -0.2) is 0 Å². The van der Waals surface area contributed by atoms with Crippen molar-refractivity contribution in [3.63, 3.8) is 0 Å². The number of carbonyl (C=O) groups excluding carboxylic acids is 1. The van der Waals surface area contributed by atoms with E-state index in [0.717, 1.165) is 24.2 Å². The summed E-state index contributed by atoms with van der Waals surface area (Å²) in [5.74, 6) is 3.53. The zero-order chi connectivity index (χ0) is 16.3. The first-order valence-corrected chi connectivity index (χ1v) is 9.89. The Bertz CT molecular complexity index is 584. The van der Waals surface area contributed by atoms with Crippen molar-refractivity contribution in [2.75, 3.05) is 7.11 Å². The lowest BCUT2D eigenvalue weighted by Crippen LogP contribution is -2.59. The number of ether oxygens (including phenoxy) is 1. The Balaban J connectivity index is 1.54. The number of hydrogen-bond donors (Lipinski definition) is 0. The predicted octanol–water partition coefficient (Wildman–Crippen LogP) is 4.82. The highest BCUT2D eigenvalue weighted by molar-refractivity contribution is 5.77. The van der Waals surface area contributed by atoms with E-state index in [2.05, 4.69) is 20.8 Å². The summed E-state index contributed by atoms with van der Waals surface area (Å²) in [6.07, 6.45) is 10.7. The molecule has 4 bridgehead atoms. The van der Waals surface area contributed by atoms with E-state index in [9.17, 15) is 4.79 Å². The summed E-state index contributed by atoms with van der Waals surface area (Å²) in [5.41, 5.74) is 1.47. The molecule has 6 rings (SSSR count). The van der Waals surface area contributed by atoms with E-state index in [4.69, 9.17) is 4.74 Å². The van der Waals surface area contributed by atoms with Crippen LogP contribution in [0.4, 0.5) is 0 Å². The second-order valence-corrected chi connectivity index (χ2v) is 10.6. The summed E-state index contributed by atoms with van der Waals surface area (Å²) < 4.78 is 5.26. The van der Waals surface area contributed by atoms with Crippen molar-refractivity contribution in [1.29, 1.82) is 0 Å². The van der Waals surface area contributed by atoms with E-state index >= 15 is 0 Å². The predicted molar refractivity (Wildman–Crippen MR) is 89.7 cm³/mol. The molecule has 0 amide bonds. The zero-order valence-corrected chi connectivity index (χ0v) is 15.3. The molecular weight excluding hydrogens is 284 g/mol. The molecule has 128 valence electrons. The van der Waals surface area contributed by atoms with Gasteiger partial charge in [0.1, 0.15) is 0 Å². The van der Waals surface area contributed by atoms with Gasteiger partial charge in [-0.1, -0.05) is 20.3 Å². The normalized spacial score (nSPS) is 62.3. The Kier molecular flexibility index (Phi) is 2.57. The molecule has 6 aliphatic rings. The van der Waals surface area contributed by atoms with Crippen LogP contribution in [0.1, 0.15) is 72.1 Å². The number of carbonyl (C=O) groups is 1. The molecule has 6 aliphatic carbocycles. The molecule has 6 saturated carbocycles. The standard InChI is InChI=1S/C21H32O2/c1-18-7-5-8-19(2,17(22)23-4)15(18)6-9-21-11-14-13(10-16(18)21)20(14,3)12-21/h13-16H,5-12H2,1-4H3/t13-,14+,15+,16+,18-,19+,20-,21+/m1/s1. The van der Waals surface area contributed by atoms with Crippen LogP contribution in [-0.2, 0) is 9.53 Å². The molecule has 0 aliphatic heterocycles. The van der Waals surface area contributed by atoms with Crippen molar-refractivity contribution in [2.45, 2.75) is 72.1 Å². The minimum Gasteiger partial charge on any atom is -0.469 e. The van der Waals surface area contributed by atoms with Crippen LogP contribution in [0.3, 0.4) is 0 Å². The topological polar surface area (TPSA) is 26.3 Å². The van der Waals surface area contributed by atoms with E-state index in [0.29, 0.717) is 22.2 Å². The highest BCUT2D eigenvalue weighted by atomic mass is 16.5. The van der Waals surface area contributed by atoms with Crippen LogP contribution < -0.4 is 0 Å². The van der Waals surface area contributed by atoms with E-state index in [1.165, 1.54) is 44.9 Å². The molecule has 0 heterocycles. The van der Waals surface area contributed by atoms with Crippen molar-refractivity contribution in [3.05, 3.63) is 0 Å². The Morgan fingerprint density at radius 2 is 1.78 bits per heavy atom. The van der Waals surface area contributed by atoms with Crippen LogP contribution in [-0.4, -0.2) is 13.1 Å².